The molecule has 9 heteroatoms. The van der Waals surface area contributed by atoms with Crippen LogP contribution >= 0.6 is 27.5 Å². The second-order valence-corrected chi connectivity index (χ2v) is 9.35. The number of rotatable bonds is 5. The van der Waals surface area contributed by atoms with Gasteiger partial charge < -0.3 is 5.32 Å². The van der Waals surface area contributed by atoms with E-state index >= 15 is 0 Å². The van der Waals surface area contributed by atoms with Crippen LogP contribution in [0.25, 0.3) is 0 Å². The molecule has 5 nitrogen and oxygen atoms in total. The summed E-state index contributed by atoms with van der Waals surface area (Å²) in [4.78, 5) is 12.5. The minimum Gasteiger partial charge on any atom is -0.322 e. The van der Waals surface area contributed by atoms with Crippen LogP contribution in [0.3, 0.4) is 0 Å². The number of amides is 1. The smallest absolute Gasteiger partial charge is 0.264 e. The number of carbonyl (C=O) groups is 1. The van der Waals surface area contributed by atoms with Gasteiger partial charge in [-0.1, -0.05) is 33.6 Å². The third-order valence-electron chi connectivity index (χ3n) is 4.11. The highest BCUT2D eigenvalue weighted by Crippen LogP contribution is 2.27. The quantitative estimate of drug-likeness (QED) is 0.519. The zero-order valence-corrected chi connectivity index (χ0v) is 18.2. The molecule has 150 valence electrons. The highest BCUT2D eigenvalue weighted by Gasteiger charge is 2.24. The molecule has 0 aliphatic carbocycles. The summed E-state index contributed by atoms with van der Waals surface area (Å²) in [6, 6.07) is 15.9. The van der Waals surface area contributed by atoms with Gasteiger partial charge in [-0.3, -0.25) is 9.10 Å². The Labute approximate surface area is 181 Å². The minimum atomic E-state index is -3.99. The number of anilines is 2. The molecule has 0 saturated carbocycles. The van der Waals surface area contributed by atoms with Crippen molar-refractivity contribution in [3.05, 3.63) is 87.6 Å². The summed E-state index contributed by atoms with van der Waals surface area (Å²) in [5, 5.41) is 2.79. The van der Waals surface area contributed by atoms with Crippen molar-refractivity contribution in [3.8, 4) is 0 Å². The van der Waals surface area contributed by atoms with Crippen LogP contribution in [-0.2, 0) is 10.0 Å². The molecular weight excluding hydrogens is 483 g/mol. The van der Waals surface area contributed by atoms with E-state index in [9.17, 15) is 17.6 Å². The van der Waals surface area contributed by atoms with E-state index < -0.39 is 21.7 Å². The van der Waals surface area contributed by atoms with Crippen LogP contribution in [0.5, 0.6) is 0 Å². The number of hydrogen-bond donors (Lipinski definition) is 1. The molecule has 1 N–H and O–H groups in total. The van der Waals surface area contributed by atoms with E-state index in [1.165, 1.54) is 49.5 Å². The summed E-state index contributed by atoms with van der Waals surface area (Å²) in [5.74, 6) is -1.02. The summed E-state index contributed by atoms with van der Waals surface area (Å²) < 4.78 is 40.8. The normalized spacial score (nSPS) is 11.2. The Bertz CT molecular complexity index is 1170. The minimum absolute atomic E-state index is 0.0141. The lowest BCUT2D eigenvalue weighted by atomic mass is 10.2. The monoisotopic (exact) mass is 496 g/mol. The number of benzene rings is 3. The molecule has 3 aromatic carbocycles. The summed E-state index contributed by atoms with van der Waals surface area (Å²) in [6.45, 7) is 0. The third-order valence-corrected chi connectivity index (χ3v) is 6.72. The number of sulfonamides is 1. The largest absolute Gasteiger partial charge is 0.322 e. The first-order valence-corrected chi connectivity index (χ1v) is 10.9. The lowest BCUT2D eigenvalue weighted by Gasteiger charge is -2.20. The average Bonchev–Trinajstić information content (AvgIpc) is 2.68. The second-order valence-electron chi connectivity index (χ2n) is 6.06. The molecule has 0 aliphatic rings. The summed E-state index contributed by atoms with van der Waals surface area (Å²) in [5.41, 5.74) is 0.818. The maximum Gasteiger partial charge on any atom is 0.264 e. The van der Waals surface area contributed by atoms with Crippen molar-refractivity contribution in [1.29, 1.82) is 0 Å². The molecular formula is C20H15BrClFN2O3S. The van der Waals surface area contributed by atoms with Crippen molar-refractivity contribution in [3.63, 3.8) is 0 Å². The molecule has 3 aromatic rings. The van der Waals surface area contributed by atoms with Gasteiger partial charge in [0.1, 0.15) is 5.82 Å². The number of carbonyl (C=O) groups excluding carboxylic acids is 1. The number of halogens is 3. The molecule has 1 amide bonds. The summed E-state index contributed by atoms with van der Waals surface area (Å²) in [6.07, 6.45) is 0. The van der Waals surface area contributed by atoms with E-state index in [1.807, 2.05) is 0 Å². The Kier molecular flexibility index (Phi) is 6.26. The Morgan fingerprint density at radius 2 is 1.76 bits per heavy atom. The zero-order valence-electron chi connectivity index (χ0n) is 15.1. The van der Waals surface area contributed by atoms with Crippen LogP contribution in [0.4, 0.5) is 15.8 Å². The Balaban J connectivity index is 1.93. The van der Waals surface area contributed by atoms with Gasteiger partial charge in [0.25, 0.3) is 15.9 Å². The predicted molar refractivity (Wildman–Crippen MR) is 116 cm³/mol. The van der Waals surface area contributed by atoms with Gasteiger partial charge in [-0.15, -0.1) is 0 Å². The summed E-state index contributed by atoms with van der Waals surface area (Å²) in [7, 11) is -2.65. The fraction of sp³-hybridized carbons (Fsp3) is 0.0500. The van der Waals surface area contributed by atoms with Gasteiger partial charge in [0.15, 0.2) is 0 Å². The predicted octanol–water partition coefficient (Wildman–Crippen LogP) is 5.32. The van der Waals surface area contributed by atoms with Crippen molar-refractivity contribution >= 4 is 54.8 Å². The van der Waals surface area contributed by atoms with E-state index in [2.05, 4.69) is 21.2 Å². The summed E-state index contributed by atoms with van der Waals surface area (Å²) >= 11 is 9.45. The molecule has 0 fully saturated rings. The molecule has 0 aliphatic heterocycles. The Morgan fingerprint density at radius 3 is 2.41 bits per heavy atom. The van der Waals surface area contributed by atoms with Crippen LogP contribution < -0.4 is 9.62 Å². The first-order valence-electron chi connectivity index (χ1n) is 8.29. The Hall–Kier alpha value is -2.42. The highest BCUT2D eigenvalue weighted by atomic mass is 79.9. The van der Waals surface area contributed by atoms with E-state index in [-0.39, 0.29) is 21.2 Å². The molecule has 3 rings (SSSR count). The van der Waals surface area contributed by atoms with Crippen molar-refractivity contribution < 1.29 is 17.6 Å². The van der Waals surface area contributed by atoms with Crippen LogP contribution in [0, 0.1) is 5.82 Å². The van der Waals surface area contributed by atoms with Gasteiger partial charge in [-0.05, 0) is 60.7 Å². The zero-order chi connectivity index (χ0) is 21.2. The topological polar surface area (TPSA) is 66.5 Å². The maximum absolute atomic E-state index is 13.1. The number of nitrogens with one attached hydrogen (secondary N) is 1. The van der Waals surface area contributed by atoms with Crippen molar-refractivity contribution in [2.75, 3.05) is 16.7 Å². The van der Waals surface area contributed by atoms with Crippen molar-refractivity contribution in [2.45, 2.75) is 4.90 Å². The van der Waals surface area contributed by atoms with Gasteiger partial charge in [-0.2, -0.15) is 0 Å². The fourth-order valence-electron chi connectivity index (χ4n) is 2.55. The standard InChI is InChI=1S/C20H15BrClFN2O3S/c1-25(16-7-5-14(23)6-8-16)29(27,28)17-9-10-19(22)18(12-17)20(26)24-15-4-2-3-13(21)11-15/h2-12H,1H3,(H,24,26). The van der Waals surface area contributed by atoms with Gasteiger partial charge in [0.2, 0.25) is 0 Å². The van der Waals surface area contributed by atoms with Crippen LogP contribution in [-0.4, -0.2) is 21.4 Å². The number of nitrogens with zero attached hydrogens (tertiary/aromatic N) is 1. The van der Waals surface area contributed by atoms with Gasteiger partial charge in [0, 0.05) is 17.2 Å². The maximum atomic E-state index is 13.1. The van der Waals surface area contributed by atoms with E-state index in [0.717, 1.165) is 8.78 Å². The second kappa shape index (κ2) is 8.52. The lowest BCUT2D eigenvalue weighted by molar-refractivity contribution is 0.102. The molecule has 0 aromatic heterocycles. The average molecular weight is 498 g/mol. The molecule has 0 radical (unpaired) electrons. The van der Waals surface area contributed by atoms with Crippen LogP contribution in [0.15, 0.2) is 76.1 Å². The van der Waals surface area contributed by atoms with Gasteiger partial charge >= 0.3 is 0 Å². The van der Waals surface area contributed by atoms with Crippen molar-refractivity contribution in [1.82, 2.24) is 0 Å². The third kappa shape index (κ3) is 4.77. The first kappa shape index (κ1) is 21.3. The lowest BCUT2D eigenvalue weighted by Crippen LogP contribution is -2.27. The molecule has 0 atom stereocenters. The van der Waals surface area contributed by atoms with Crippen LogP contribution in [0.2, 0.25) is 5.02 Å². The van der Waals surface area contributed by atoms with Crippen molar-refractivity contribution in [2.24, 2.45) is 0 Å². The van der Waals surface area contributed by atoms with Gasteiger partial charge in [-0.25, -0.2) is 12.8 Å². The van der Waals surface area contributed by atoms with Crippen LogP contribution in [0.1, 0.15) is 10.4 Å². The molecule has 0 unspecified atom stereocenters. The molecule has 0 bridgehead atoms. The molecule has 0 saturated heterocycles. The first-order chi connectivity index (χ1) is 13.7. The van der Waals surface area contributed by atoms with E-state index in [4.69, 9.17) is 11.6 Å². The van der Waals surface area contributed by atoms with E-state index in [1.54, 1.807) is 24.3 Å². The van der Waals surface area contributed by atoms with E-state index in [0.29, 0.717) is 5.69 Å². The fourth-order valence-corrected chi connectivity index (χ4v) is 4.38. The highest BCUT2D eigenvalue weighted by molar-refractivity contribution is 9.10. The SMILES string of the molecule is CN(c1ccc(F)cc1)S(=O)(=O)c1ccc(Cl)c(C(=O)Nc2cccc(Br)c2)c1. The Morgan fingerprint density at radius 1 is 1.07 bits per heavy atom. The molecule has 0 heterocycles. The van der Waals surface area contributed by atoms with Gasteiger partial charge in [0.05, 0.1) is 21.2 Å². The molecule has 29 heavy (non-hydrogen) atoms. The molecule has 0 spiro atoms. The number of hydrogen-bond acceptors (Lipinski definition) is 3.